The third-order valence-electron chi connectivity index (χ3n) is 6.12. The van der Waals surface area contributed by atoms with Gasteiger partial charge in [-0.3, -0.25) is 0 Å². The fourth-order valence-electron chi connectivity index (χ4n) is 3.91. The molecule has 0 saturated carbocycles. The lowest BCUT2D eigenvalue weighted by atomic mass is 9.91. The van der Waals surface area contributed by atoms with E-state index in [4.69, 9.17) is 24.7 Å². The monoisotopic (exact) mass is 536 g/mol. The minimum Gasteiger partial charge on any atom is -0.493 e. The number of methoxy groups -OCH3 is 1. The molecule has 0 radical (unpaired) electrons. The Balaban J connectivity index is 1.61. The van der Waals surface area contributed by atoms with Crippen molar-refractivity contribution >= 4 is 22.4 Å². The number of hydrogen-bond donors (Lipinski definition) is 3. The zero-order chi connectivity index (χ0) is 27.7. The molecular weight excluding hydrogens is 505 g/mol. The molecule has 0 amide bonds. The molecule has 2 heterocycles. The molecule has 0 spiro atoms. The minimum absolute atomic E-state index is 0.0676. The first kappa shape index (κ1) is 27.7. The van der Waals surface area contributed by atoms with Gasteiger partial charge in [0.05, 0.1) is 38.0 Å². The number of nitrogens with zero attached hydrogens (tertiary/aromatic N) is 2. The van der Waals surface area contributed by atoms with Crippen molar-refractivity contribution in [3.63, 3.8) is 0 Å². The van der Waals surface area contributed by atoms with E-state index in [0.29, 0.717) is 53.9 Å². The molecule has 0 unspecified atom stereocenters. The molecule has 1 aromatic heterocycles. The van der Waals surface area contributed by atoms with Crippen LogP contribution in [0, 0.1) is 12.7 Å². The Morgan fingerprint density at radius 3 is 2.50 bits per heavy atom. The van der Waals surface area contributed by atoms with Gasteiger partial charge < -0.3 is 35.1 Å². The smallest absolute Gasteiger partial charge is 0.303 e. The van der Waals surface area contributed by atoms with Crippen LogP contribution >= 0.6 is 0 Å². The van der Waals surface area contributed by atoms with Crippen LogP contribution < -0.4 is 20.5 Å². The molecule has 1 fully saturated rings. The Labute approximate surface area is 218 Å². The lowest BCUT2D eigenvalue weighted by Gasteiger charge is -2.30. The van der Waals surface area contributed by atoms with Crippen LogP contribution in [-0.4, -0.2) is 60.3 Å². The molecule has 4 N–H and O–H groups in total. The van der Waals surface area contributed by atoms with Crippen LogP contribution in [0.2, 0.25) is 0 Å². The van der Waals surface area contributed by atoms with Gasteiger partial charge in [0.15, 0.2) is 11.5 Å². The summed E-state index contributed by atoms with van der Waals surface area (Å²) >= 11 is 0. The molecule has 206 valence electrons. The van der Waals surface area contributed by atoms with Gasteiger partial charge in [-0.1, -0.05) is 0 Å². The molecule has 2 aromatic carbocycles. The summed E-state index contributed by atoms with van der Waals surface area (Å²) in [6.45, 7) is 5.04. The van der Waals surface area contributed by atoms with E-state index in [9.17, 15) is 13.9 Å². The van der Waals surface area contributed by atoms with Crippen LogP contribution in [-0.2, 0) is 21.9 Å². The number of ether oxygens (including phenoxy) is 4. The Morgan fingerprint density at radius 1 is 1.13 bits per heavy atom. The minimum atomic E-state index is -3.88. The molecule has 12 heteroatoms. The number of benzene rings is 2. The van der Waals surface area contributed by atoms with E-state index in [2.05, 4.69) is 15.3 Å². The van der Waals surface area contributed by atoms with Crippen molar-refractivity contribution in [1.29, 1.82) is 0 Å². The summed E-state index contributed by atoms with van der Waals surface area (Å²) in [5.74, 6) is -3.41. The average Bonchev–Trinajstić information content (AvgIpc) is 2.81. The van der Waals surface area contributed by atoms with Crippen molar-refractivity contribution in [2.24, 2.45) is 0 Å². The van der Waals surface area contributed by atoms with Gasteiger partial charge in [-0.05, 0) is 39.0 Å². The van der Waals surface area contributed by atoms with Crippen LogP contribution in [0.5, 0.6) is 11.5 Å². The van der Waals surface area contributed by atoms with Crippen LogP contribution in [0.1, 0.15) is 30.8 Å². The summed E-state index contributed by atoms with van der Waals surface area (Å²) in [5, 5.41) is 13.5. The van der Waals surface area contributed by atoms with Crippen molar-refractivity contribution in [2.75, 3.05) is 44.6 Å². The first-order valence-corrected chi connectivity index (χ1v) is 12.0. The van der Waals surface area contributed by atoms with Gasteiger partial charge in [0.1, 0.15) is 35.8 Å². The maximum Gasteiger partial charge on any atom is 0.303 e. The second kappa shape index (κ2) is 10.8. The number of hydrogen-bond acceptors (Lipinski definition) is 9. The van der Waals surface area contributed by atoms with Gasteiger partial charge in [0.25, 0.3) is 0 Å². The molecule has 1 aliphatic rings. The zero-order valence-electron chi connectivity index (χ0n) is 21.6. The first-order chi connectivity index (χ1) is 17.9. The van der Waals surface area contributed by atoms with E-state index < -0.39 is 22.9 Å². The van der Waals surface area contributed by atoms with Gasteiger partial charge in [-0.25, -0.2) is 14.4 Å². The molecule has 0 atom stereocenters. The highest BCUT2D eigenvalue weighted by atomic mass is 19.3. The number of halogens is 3. The fourth-order valence-corrected chi connectivity index (χ4v) is 3.91. The predicted molar refractivity (Wildman–Crippen MR) is 135 cm³/mol. The number of aromatic nitrogens is 2. The van der Waals surface area contributed by atoms with Gasteiger partial charge >= 0.3 is 5.92 Å². The Bertz CT molecular complexity index is 1310. The highest BCUT2D eigenvalue weighted by Gasteiger charge is 2.49. The number of aliphatic hydroxyl groups is 1. The third-order valence-corrected chi connectivity index (χ3v) is 6.12. The predicted octanol–water partition coefficient (Wildman–Crippen LogP) is 3.94. The van der Waals surface area contributed by atoms with Crippen LogP contribution in [0.15, 0.2) is 24.3 Å². The van der Waals surface area contributed by atoms with Crippen LogP contribution in [0.3, 0.4) is 0 Å². The van der Waals surface area contributed by atoms with Gasteiger partial charge in [-0.2, -0.15) is 8.78 Å². The summed E-state index contributed by atoms with van der Waals surface area (Å²) in [4.78, 5) is 8.85. The summed E-state index contributed by atoms with van der Waals surface area (Å²) < 4.78 is 66.8. The Kier molecular flexibility index (Phi) is 7.86. The molecule has 3 aromatic rings. The molecular formula is C26H31F3N4O5. The van der Waals surface area contributed by atoms with E-state index >= 15 is 4.39 Å². The van der Waals surface area contributed by atoms with Gasteiger partial charge in [-0.15, -0.1) is 0 Å². The largest absolute Gasteiger partial charge is 0.493 e. The molecule has 0 aliphatic carbocycles. The lowest BCUT2D eigenvalue weighted by molar-refractivity contribution is -0.170. The summed E-state index contributed by atoms with van der Waals surface area (Å²) in [5.41, 5.74) is 2.68. The number of alkyl halides is 2. The van der Waals surface area contributed by atoms with E-state index in [1.54, 1.807) is 19.1 Å². The van der Waals surface area contributed by atoms with E-state index in [0.717, 1.165) is 19.9 Å². The highest BCUT2D eigenvalue weighted by molar-refractivity contribution is 5.91. The molecule has 0 bridgehead atoms. The number of aryl methyl sites for hydroxylation is 1. The lowest BCUT2D eigenvalue weighted by Crippen LogP contribution is -2.41. The standard InChI is InChI=1S/C26H31F3N4O5/c1-14-32-20-10-21(35-4)22(38-6-5-37-17-12-36-13-17)9-18(20)24(33-14)31-11-15-7-16(30)8-19(23(15)27)26(28,29)25(2,3)34/h7-10,17,34H,5-6,11-13,30H2,1-4H3,(H,31,32,33). The maximum absolute atomic E-state index is 15.2. The number of anilines is 2. The number of fused-ring (bicyclic) bond motifs is 1. The molecule has 4 rings (SSSR count). The molecule has 38 heavy (non-hydrogen) atoms. The number of nitrogen functional groups attached to an aromatic ring is 1. The average molecular weight is 537 g/mol. The van der Waals surface area contributed by atoms with E-state index in [1.807, 2.05) is 0 Å². The summed E-state index contributed by atoms with van der Waals surface area (Å²) in [6.07, 6.45) is 0.0700. The quantitative estimate of drug-likeness (QED) is 0.247. The molecule has 9 nitrogen and oxygen atoms in total. The molecule has 1 aliphatic heterocycles. The number of nitrogens with one attached hydrogen (secondary N) is 1. The first-order valence-electron chi connectivity index (χ1n) is 12.0. The number of rotatable bonds is 11. The molecule has 1 saturated heterocycles. The number of nitrogens with two attached hydrogens (primary N) is 1. The second-order valence-corrected chi connectivity index (χ2v) is 9.55. The van der Waals surface area contributed by atoms with Crippen molar-refractivity contribution in [2.45, 2.75) is 44.9 Å². The second-order valence-electron chi connectivity index (χ2n) is 9.55. The van der Waals surface area contributed by atoms with Crippen molar-refractivity contribution in [3.8, 4) is 11.5 Å². The van der Waals surface area contributed by atoms with Crippen molar-refractivity contribution < 1.29 is 37.2 Å². The van der Waals surface area contributed by atoms with Gasteiger partial charge in [0, 0.05) is 29.2 Å². The SMILES string of the molecule is COc1cc2nc(C)nc(NCc3cc(N)cc(C(F)(F)C(C)(C)O)c3F)c2cc1OCCOC1COC1. The fraction of sp³-hybridized carbons (Fsp3) is 0.462. The van der Waals surface area contributed by atoms with E-state index in [-0.39, 0.29) is 30.5 Å². The third kappa shape index (κ3) is 5.71. The normalized spacial score (nSPS) is 14.4. The Hall–Kier alpha value is -3.35. The van der Waals surface area contributed by atoms with E-state index in [1.165, 1.54) is 13.2 Å². The van der Waals surface area contributed by atoms with Crippen molar-refractivity contribution in [1.82, 2.24) is 9.97 Å². The summed E-state index contributed by atoms with van der Waals surface area (Å²) in [6, 6.07) is 5.46. The topological polar surface area (TPSA) is 121 Å². The Morgan fingerprint density at radius 2 is 1.87 bits per heavy atom. The zero-order valence-corrected chi connectivity index (χ0v) is 21.6. The van der Waals surface area contributed by atoms with Crippen molar-refractivity contribution in [3.05, 3.63) is 47.0 Å². The van der Waals surface area contributed by atoms with Crippen LogP contribution in [0.4, 0.5) is 24.7 Å². The maximum atomic E-state index is 15.2. The summed E-state index contributed by atoms with van der Waals surface area (Å²) in [7, 11) is 1.51. The highest BCUT2D eigenvalue weighted by Crippen LogP contribution is 2.41. The van der Waals surface area contributed by atoms with Gasteiger partial charge in [0.2, 0.25) is 0 Å². The van der Waals surface area contributed by atoms with Crippen LogP contribution in [0.25, 0.3) is 10.9 Å².